The van der Waals surface area contributed by atoms with E-state index in [0.717, 1.165) is 0 Å². The molecule has 0 radical (unpaired) electrons. The number of rotatable bonds is 4. The number of hydrogen-bond donors (Lipinski definition) is 0. The quantitative estimate of drug-likeness (QED) is 0.631. The van der Waals surface area contributed by atoms with Crippen LogP contribution in [0.2, 0.25) is 0 Å². The van der Waals surface area contributed by atoms with Gasteiger partial charge < -0.3 is 4.74 Å². The van der Waals surface area contributed by atoms with Crippen LogP contribution in [0.15, 0.2) is 16.6 Å². The first kappa shape index (κ1) is 13.4. The molecular formula is C12H10BrNO3. The predicted molar refractivity (Wildman–Crippen MR) is 64.6 cm³/mol. The Hall–Kier alpha value is -1.67. The van der Waals surface area contributed by atoms with Crippen LogP contribution in [0, 0.1) is 11.3 Å². The number of carbonyl (C=O) groups excluding carboxylic acids is 2. The zero-order valence-electron chi connectivity index (χ0n) is 9.20. The molecule has 1 rings (SSSR count). The van der Waals surface area contributed by atoms with Crippen LogP contribution >= 0.6 is 15.9 Å². The molecule has 0 bridgehead atoms. The molecule has 0 saturated heterocycles. The van der Waals surface area contributed by atoms with E-state index in [-0.39, 0.29) is 6.42 Å². The van der Waals surface area contributed by atoms with Gasteiger partial charge in [-0.15, -0.1) is 0 Å². The summed E-state index contributed by atoms with van der Waals surface area (Å²) in [5.41, 5.74) is 1.23. The van der Waals surface area contributed by atoms with Gasteiger partial charge in [-0.1, -0.05) is 15.9 Å². The molecule has 1 aromatic rings. The number of nitriles is 1. The molecule has 5 heteroatoms. The molecule has 0 atom stereocenters. The molecule has 0 aliphatic carbocycles. The average molecular weight is 296 g/mol. The van der Waals surface area contributed by atoms with Crippen LogP contribution in [-0.4, -0.2) is 18.9 Å². The molecule has 0 spiro atoms. The molecule has 0 fully saturated rings. The third-order valence-corrected chi connectivity index (χ3v) is 2.81. The normalized spacial score (nSPS) is 9.47. The highest BCUT2D eigenvalue weighted by atomic mass is 79.9. The first-order valence-corrected chi connectivity index (χ1v) is 5.75. The van der Waals surface area contributed by atoms with E-state index in [1.54, 1.807) is 13.0 Å². The third kappa shape index (κ3) is 3.40. The number of halogens is 1. The van der Waals surface area contributed by atoms with E-state index in [2.05, 4.69) is 15.9 Å². The minimum absolute atomic E-state index is 0.0104. The minimum atomic E-state index is -0.399. The van der Waals surface area contributed by atoms with E-state index in [1.165, 1.54) is 6.07 Å². The second-order valence-electron chi connectivity index (χ2n) is 3.24. The summed E-state index contributed by atoms with van der Waals surface area (Å²) in [5.74, 6) is -0.399. The second-order valence-corrected chi connectivity index (χ2v) is 4.09. The fourth-order valence-electron chi connectivity index (χ4n) is 1.36. The Kier molecular flexibility index (Phi) is 4.85. The number of aldehydes is 1. The predicted octanol–water partition coefficient (Wildman–Crippen LogP) is 2.24. The molecule has 0 aliphatic heterocycles. The van der Waals surface area contributed by atoms with Crippen molar-refractivity contribution in [1.29, 1.82) is 5.26 Å². The van der Waals surface area contributed by atoms with Crippen molar-refractivity contribution in [3.05, 3.63) is 33.3 Å². The van der Waals surface area contributed by atoms with E-state index in [4.69, 9.17) is 10.00 Å². The number of benzene rings is 1. The molecular weight excluding hydrogens is 286 g/mol. The Labute approximate surface area is 107 Å². The van der Waals surface area contributed by atoms with Crippen LogP contribution in [0.1, 0.15) is 28.4 Å². The van der Waals surface area contributed by atoms with E-state index >= 15 is 0 Å². The van der Waals surface area contributed by atoms with Gasteiger partial charge in [0.15, 0.2) is 0 Å². The van der Waals surface area contributed by atoms with Crippen molar-refractivity contribution >= 4 is 28.2 Å². The van der Waals surface area contributed by atoms with Gasteiger partial charge in [0.1, 0.15) is 6.29 Å². The first-order chi connectivity index (χ1) is 8.12. The molecule has 0 saturated carbocycles. The van der Waals surface area contributed by atoms with Crippen LogP contribution in [0.4, 0.5) is 0 Å². The summed E-state index contributed by atoms with van der Waals surface area (Å²) in [6.45, 7) is 2.01. The molecule has 4 nitrogen and oxygen atoms in total. The molecule has 88 valence electrons. The fraction of sp³-hybridized carbons (Fsp3) is 0.250. The lowest BCUT2D eigenvalue weighted by Gasteiger charge is -2.07. The van der Waals surface area contributed by atoms with Crippen LogP contribution in [-0.2, 0) is 16.0 Å². The topological polar surface area (TPSA) is 67.2 Å². The lowest BCUT2D eigenvalue weighted by molar-refractivity contribution is -0.142. The highest BCUT2D eigenvalue weighted by Gasteiger charge is 2.13. The van der Waals surface area contributed by atoms with Gasteiger partial charge in [-0.3, -0.25) is 9.59 Å². The lowest BCUT2D eigenvalue weighted by atomic mass is 10.0. The van der Waals surface area contributed by atoms with Crippen molar-refractivity contribution < 1.29 is 14.3 Å². The molecule has 1 aromatic carbocycles. The largest absolute Gasteiger partial charge is 0.466 e. The van der Waals surface area contributed by atoms with Gasteiger partial charge in [-0.05, 0) is 24.6 Å². The molecule has 0 aliphatic rings. The van der Waals surface area contributed by atoms with Crippen LogP contribution in [0.5, 0.6) is 0 Å². The summed E-state index contributed by atoms with van der Waals surface area (Å²) in [6, 6.07) is 4.98. The van der Waals surface area contributed by atoms with Crippen molar-refractivity contribution in [2.24, 2.45) is 0 Å². The number of nitrogens with zero attached hydrogens (tertiary/aromatic N) is 1. The van der Waals surface area contributed by atoms with E-state index in [1.807, 2.05) is 6.07 Å². The van der Waals surface area contributed by atoms with E-state index in [9.17, 15) is 9.59 Å². The van der Waals surface area contributed by atoms with E-state index < -0.39 is 5.97 Å². The number of hydrogen-bond acceptors (Lipinski definition) is 4. The third-order valence-electron chi connectivity index (χ3n) is 2.10. The van der Waals surface area contributed by atoms with Crippen LogP contribution in [0.3, 0.4) is 0 Å². The zero-order chi connectivity index (χ0) is 12.8. The Morgan fingerprint density at radius 2 is 2.29 bits per heavy atom. The standard InChI is InChI=1S/C12H10BrNO3/c1-2-17-12(16)5-10-9(6-14)3-8(7-15)4-11(10)13/h3-4,7H,2,5H2,1H3. The maximum atomic E-state index is 11.4. The zero-order valence-corrected chi connectivity index (χ0v) is 10.8. The smallest absolute Gasteiger partial charge is 0.310 e. The number of carbonyl (C=O) groups is 2. The van der Waals surface area contributed by atoms with Crippen molar-refractivity contribution in [2.75, 3.05) is 6.61 Å². The average Bonchev–Trinajstić information content (AvgIpc) is 2.31. The van der Waals surface area contributed by atoms with Gasteiger partial charge in [0, 0.05) is 10.0 Å². The molecule has 17 heavy (non-hydrogen) atoms. The molecule has 0 amide bonds. The highest BCUT2D eigenvalue weighted by molar-refractivity contribution is 9.10. The van der Waals surface area contributed by atoms with Gasteiger partial charge in [-0.2, -0.15) is 5.26 Å². The second kappa shape index (κ2) is 6.16. The Morgan fingerprint density at radius 3 is 2.82 bits per heavy atom. The van der Waals surface area contributed by atoms with Crippen molar-refractivity contribution in [3.8, 4) is 6.07 Å². The number of esters is 1. The Balaban J connectivity index is 3.11. The SMILES string of the molecule is CCOC(=O)Cc1c(Br)cc(C=O)cc1C#N. The number of ether oxygens (including phenoxy) is 1. The fourth-order valence-corrected chi connectivity index (χ4v) is 1.98. The minimum Gasteiger partial charge on any atom is -0.466 e. The first-order valence-electron chi connectivity index (χ1n) is 4.95. The van der Waals surface area contributed by atoms with Crippen molar-refractivity contribution in [3.63, 3.8) is 0 Å². The van der Waals surface area contributed by atoms with Crippen molar-refractivity contribution in [2.45, 2.75) is 13.3 Å². The summed E-state index contributed by atoms with van der Waals surface area (Å²) in [5, 5.41) is 8.97. The van der Waals surface area contributed by atoms with Gasteiger partial charge >= 0.3 is 5.97 Å². The monoisotopic (exact) mass is 295 g/mol. The lowest BCUT2D eigenvalue weighted by Crippen LogP contribution is -2.09. The van der Waals surface area contributed by atoms with Crippen molar-refractivity contribution in [1.82, 2.24) is 0 Å². The van der Waals surface area contributed by atoms with Crippen LogP contribution < -0.4 is 0 Å². The maximum absolute atomic E-state index is 11.4. The molecule has 0 unspecified atom stereocenters. The summed E-state index contributed by atoms with van der Waals surface area (Å²) < 4.78 is 5.38. The summed E-state index contributed by atoms with van der Waals surface area (Å²) in [7, 11) is 0. The summed E-state index contributed by atoms with van der Waals surface area (Å²) in [4.78, 5) is 22.0. The maximum Gasteiger partial charge on any atom is 0.310 e. The Morgan fingerprint density at radius 1 is 1.59 bits per heavy atom. The Bertz CT molecular complexity index is 491. The van der Waals surface area contributed by atoms with Gasteiger partial charge in [0.25, 0.3) is 0 Å². The van der Waals surface area contributed by atoms with Gasteiger partial charge in [0.05, 0.1) is 24.7 Å². The molecule has 0 N–H and O–H groups in total. The summed E-state index contributed by atoms with van der Waals surface area (Å²) in [6.07, 6.45) is 0.663. The molecule has 0 heterocycles. The highest BCUT2D eigenvalue weighted by Crippen LogP contribution is 2.23. The van der Waals surface area contributed by atoms with Gasteiger partial charge in [0.2, 0.25) is 0 Å². The molecule has 0 aromatic heterocycles. The summed E-state index contributed by atoms with van der Waals surface area (Å²) >= 11 is 3.24. The van der Waals surface area contributed by atoms with E-state index in [0.29, 0.717) is 34.1 Å². The van der Waals surface area contributed by atoms with Crippen LogP contribution in [0.25, 0.3) is 0 Å². The van der Waals surface area contributed by atoms with Gasteiger partial charge in [-0.25, -0.2) is 0 Å².